The van der Waals surface area contributed by atoms with Crippen LogP contribution in [0.5, 0.6) is 0 Å². The fraction of sp³-hybridized carbons (Fsp3) is 0.200. The first kappa shape index (κ1) is 24.4. The summed E-state index contributed by atoms with van der Waals surface area (Å²) in [7, 11) is 0. The van der Waals surface area contributed by atoms with Crippen LogP contribution in [0.1, 0.15) is 54.0 Å². The lowest BCUT2D eigenvalue weighted by molar-refractivity contribution is 0.591. The largest absolute Gasteiger partial charge is 0.309 e. The van der Waals surface area contributed by atoms with Gasteiger partial charge < -0.3 is 4.90 Å². The van der Waals surface area contributed by atoms with E-state index in [1.54, 1.807) is 0 Å². The van der Waals surface area contributed by atoms with E-state index in [1.165, 1.54) is 43.3 Å². The first-order chi connectivity index (χ1) is 20.0. The van der Waals surface area contributed by atoms with E-state index in [2.05, 4.69) is 156 Å². The molecule has 0 aliphatic rings. The van der Waals surface area contributed by atoms with E-state index in [0.717, 1.165) is 28.0 Å². The number of benzene rings is 7. The molecule has 7 rings (SSSR count). The highest BCUT2D eigenvalue weighted by molar-refractivity contribution is 6.27. The van der Waals surface area contributed by atoms with Gasteiger partial charge in [-0.15, -0.1) is 0 Å². The number of nitrogens with zero attached hydrogens (tertiary/aromatic N) is 1. The highest BCUT2D eigenvalue weighted by Crippen LogP contribution is 2.48. The minimum atomic E-state index is -0.143. The average molecular weight is 533 g/mol. The maximum atomic E-state index is 9.54. The molecule has 0 radical (unpaired) electrons. The molecule has 0 heterocycles. The van der Waals surface area contributed by atoms with Crippen LogP contribution in [0.25, 0.3) is 43.1 Å². The molecule has 0 bridgehead atoms. The molecule has 0 atom stereocenters. The number of fused-ring (bicyclic) bond motifs is 1. The second-order valence-corrected chi connectivity index (χ2v) is 13.4. The molecule has 202 valence electrons. The number of rotatable bonds is 3. The Labute approximate surface area is 244 Å². The van der Waals surface area contributed by atoms with Gasteiger partial charge in [0.25, 0.3) is 0 Å². The van der Waals surface area contributed by atoms with E-state index in [0.29, 0.717) is 6.04 Å². The molecule has 0 aliphatic carbocycles. The van der Waals surface area contributed by atoms with Crippen molar-refractivity contribution in [2.24, 2.45) is 0 Å². The number of hydrogen-bond donors (Lipinski definition) is 0. The van der Waals surface area contributed by atoms with Crippen molar-refractivity contribution in [3.63, 3.8) is 0 Å². The zero-order valence-electron chi connectivity index (χ0n) is 25.8. The zero-order chi connectivity index (χ0) is 29.4. The molecule has 0 N–H and O–H groups in total. The standard InChI is InChI=1S/C40H37N/c1-39(2,3)30-21-27-19-20-28-22-31(40(4,5)6)25-34-36(24-29(23-30)37(27)38(28)34)41(32-15-8-7-9-16-32)35-18-12-14-26-13-10-11-17-33(26)35/h7-25H,1-6H3/i23D. The summed E-state index contributed by atoms with van der Waals surface area (Å²) in [5, 5.41) is 9.50. The molecular formula is C40H37N. The molecule has 0 spiro atoms. The van der Waals surface area contributed by atoms with Gasteiger partial charge in [0.15, 0.2) is 0 Å². The number of hydrogen-bond acceptors (Lipinski definition) is 1. The molecule has 0 saturated heterocycles. The second-order valence-electron chi connectivity index (χ2n) is 13.4. The lowest BCUT2D eigenvalue weighted by Gasteiger charge is -2.30. The van der Waals surface area contributed by atoms with Gasteiger partial charge in [-0.2, -0.15) is 0 Å². The Hall–Kier alpha value is -4.36. The third kappa shape index (κ3) is 4.23. The molecule has 1 nitrogen and oxygen atoms in total. The monoisotopic (exact) mass is 532 g/mol. The fourth-order valence-electron chi connectivity index (χ4n) is 6.23. The molecule has 7 aromatic rings. The van der Waals surface area contributed by atoms with Crippen LogP contribution in [0.3, 0.4) is 0 Å². The normalized spacial score (nSPS) is 13.0. The molecule has 0 aromatic heterocycles. The van der Waals surface area contributed by atoms with Crippen LogP contribution in [0.15, 0.2) is 115 Å². The maximum Gasteiger partial charge on any atom is 0.0632 e. The molecule has 0 saturated carbocycles. The van der Waals surface area contributed by atoms with Crippen molar-refractivity contribution in [1.29, 1.82) is 0 Å². The first-order valence-corrected chi connectivity index (χ1v) is 14.6. The maximum absolute atomic E-state index is 9.54. The fourth-order valence-corrected chi connectivity index (χ4v) is 6.23. The highest BCUT2D eigenvalue weighted by Gasteiger charge is 2.24. The lowest BCUT2D eigenvalue weighted by Crippen LogP contribution is -2.14. The quantitative estimate of drug-likeness (QED) is 0.205. The Balaban J connectivity index is 1.70. The van der Waals surface area contributed by atoms with E-state index in [-0.39, 0.29) is 10.8 Å². The predicted octanol–water partition coefficient (Wildman–Crippen LogP) is 11.8. The van der Waals surface area contributed by atoms with Crippen LogP contribution in [0, 0.1) is 0 Å². The Morgan fingerprint density at radius 3 is 1.85 bits per heavy atom. The third-order valence-corrected chi connectivity index (χ3v) is 8.48. The van der Waals surface area contributed by atoms with Gasteiger partial charge in [-0.1, -0.05) is 126 Å². The molecule has 1 heteroatoms. The number of anilines is 3. The summed E-state index contributed by atoms with van der Waals surface area (Å²) in [4.78, 5) is 2.41. The van der Waals surface area contributed by atoms with E-state index in [4.69, 9.17) is 0 Å². The predicted molar refractivity (Wildman–Crippen MR) is 180 cm³/mol. The van der Waals surface area contributed by atoms with E-state index in [9.17, 15) is 1.37 Å². The summed E-state index contributed by atoms with van der Waals surface area (Å²) in [6.45, 7) is 13.5. The van der Waals surface area contributed by atoms with Gasteiger partial charge in [0.2, 0.25) is 0 Å². The van der Waals surface area contributed by atoms with Crippen molar-refractivity contribution in [2.75, 3.05) is 4.90 Å². The molecule has 0 fully saturated rings. The highest BCUT2D eigenvalue weighted by atomic mass is 15.1. The minimum Gasteiger partial charge on any atom is -0.309 e. The van der Waals surface area contributed by atoms with Gasteiger partial charge in [0.05, 0.1) is 12.7 Å². The van der Waals surface area contributed by atoms with E-state index >= 15 is 0 Å². The van der Waals surface area contributed by atoms with Gasteiger partial charge in [0.1, 0.15) is 0 Å². The Bertz CT molecular complexity index is 2100. The van der Waals surface area contributed by atoms with Gasteiger partial charge in [-0.05, 0) is 84.6 Å². The summed E-state index contributed by atoms with van der Waals surface area (Å²) in [6, 6.07) is 40.3. The SMILES string of the molecule is [2H]c1c(C(C)(C)C)cc2ccc3cc(C(C)(C)C)cc4c(N(c5ccccc5)c5cccc6ccccc56)cc1c2c34. The van der Waals surface area contributed by atoms with Crippen LogP contribution < -0.4 is 4.90 Å². The van der Waals surface area contributed by atoms with Crippen molar-refractivity contribution in [3.8, 4) is 0 Å². The van der Waals surface area contributed by atoms with Crippen molar-refractivity contribution in [3.05, 3.63) is 126 Å². The van der Waals surface area contributed by atoms with Gasteiger partial charge in [0, 0.05) is 16.5 Å². The molecule has 0 unspecified atom stereocenters. The average Bonchev–Trinajstić information content (AvgIpc) is 2.96. The second kappa shape index (κ2) is 9.08. The summed E-state index contributed by atoms with van der Waals surface area (Å²) >= 11 is 0. The summed E-state index contributed by atoms with van der Waals surface area (Å²) in [5.74, 6) is 0. The van der Waals surface area contributed by atoms with Crippen molar-refractivity contribution in [2.45, 2.75) is 52.4 Å². The molecule has 41 heavy (non-hydrogen) atoms. The molecule has 0 amide bonds. The Morgan fingerprint density at radius 2 is 1.12 bits per heavy atom. The van der Waals surface area contributed by atoms with Crippen LogP contribution in [0.2, 0.25) is 0 Å². The van der Waals surface area contributed by atoms with Crippen molar-refractivity contribution >= 4 is 60.2 Å². The van der Waals surface area contributed by atoms with Crippen LogP contribution in [0.4, 0.5) is 17.1 Å². The molecule has 7 aromatic carbocycles. The Kier molecular flexibility index (Phi) is 5.41. The van der Waals surface area contributed by atoms with Crippen molar-refractivity contribution in [1.82, 2.24) is 0 Å². The van der Waals surface area contributed by atoms with Crippen molar-refractivity contribution < 1.29 is 1.37 Å². The molecular weight excluding hydrogens is 494 g/mol. The zero-order valence-corrected chi connectivity index (χ0v) is 24.8. The summed E-state index contributed by atoms with van der Waals surface area (Å²) < 4.78 is 9.54. The van der Waals surface area contributed by atoms with Gasteiger partial charge >= 0.3 is 0 Å². The molecule has 0 aliphatic heterocycles. The number of para-hydroxylation sites is 1. The van der Waals surface area contributed by atoms with E-state index < -0.39 is 0 Å². The minimum absolute atomic E-state index is 0.0151. The van der Waals surface area contributed by atoms with Gasteiger partial charge in [-0.25, -0.2) is 0 Å². The smallest absolute Gasteiger partial charge is 0.0632 e. The third-order valence-electron chi connectivity index (χ3n) is 8.48. The summed E-state index contributed by atoms with van der Waals surface area (Å²) in [6.07, 6.45) is 0. The summed E-state index contributed by atoms with van der Waals surface area (Å²) in [5.41, 5.74) is 5.56. The Morgan fingerprint density at radius 1 is 0.488 bits per heavy atom. The van der Waals surface area contributed by atoms with Crippen LogP contribution in [-0.2, 0) is 10.8 Å². The van der Waals surface area contributed by atoms with Crippen LogP contribution >= 0.6 is 0 Å². The van der Waals surface area contributed by atoms with Gasteiger partial charge in [-0.3, -0.25) is 0 Å². The first-order valence-electron chi connectivity index (χ1n) is 15.1. The van der Waals surface area contributed by atoms with Crippen LogP contribution in [-0.4, -0.2) is 0 Å². The topological polar surface area (TPSA) is 3.24 Å². The lowest BCUT2D eigenvalue weighted by atomic mass is 9.80. The van der Waals surface area contributed by atoms with E-state index in [1.807, 2.05) is 0 Å².